The minimum absolute atomic E-state index is 0. The number of hydrogen-bond acceptors (Lipinski definition) is 2. The molecule has 2 aromatic carbocycles. The number of phenols is 2. The largest absolute Gasteiger partial charge is 2.00 e. The fraction of sp³-hybridized carbons (Fsp3) is 0.250. The molecule has 7 heteroatoms. The first-order valence-corrected chi connectivity index (χ1v) is 10.8. The fourth-order valence-corrected chi connectivity index (χ4v) is 3.52. The van der Waals surface area contributed by atoms with E-state index in [4.69, 9.17) is 0 Å². The Morgan fingerprint density at radius 1 is 0.609 bits per heavy atom. The molecule has 0 bridgehead atoms. The zero-order valence-electron chi connectivity index (χ0n) is 13.7. The number of rotatable bonds is 2. The van der Waals surface area contributed by atoms with Crippen molar-refractivity contribution in [2.75, 3.05) is 26.7 Å². The fourth-order valence-electron chi connectivity index (χ4n) is 1.68. The summed E-state index contributed by atoms with van der Waals surface area (Å²) in [6, 6.07) is 15.0. The van der Waals surface area contributed by atoms with Gasteiger partial charge in [-0.15, -0.1) is 0 Å². The molecule has 2 N–H and O–H groups in total. The Morgan fingerprint density at radius 2 is 0.870 bits per heavy atom. The molecule has 23 heavy (non-hydrogen) atoms. The smallest absolute Gasteiger partial charge is 1.00 e. The summed E-state index contributed by atoms with van der Waals surface area (Å²) in [7, 11) is -0.333. The molecular weight excluding hydrogens is 448 g/mol. The molecule has 2 aromatic rings. The standard InChI is InChI=1S/2C8H11OP.2ClH.Zr/c2*1-10(2)8-6-4-3-5-7(8)9;;;/h2*3-6,9H,1-2H3;2*1H;/q;;;;+2/p-2. The molecule has 0 aromatic heterocycles. The SMILES string of the molecule is CP(C)c1ccccc1O.CP(C)c1ccccc1O.[Cl-].[Cl-].[Zr+2]. The van der Waals surface area contributed by atoms with Crippen molar-refractivity contribution in [3.05, 3.63) is 48.5 Å². The molecule has 0 heterocycles. The molecule has 0 saturated carbocycles. The molecule has 0 radical (unpaired) electrons. The summed E-state index contributed by atoms with van der Waals surface area (Å²) in [6.45, 7) is 8.52. The topological polar surface area (TPSA) is 40.5 Å². The summed E-state index contributed by atoms with van der Waals surface area (Å²) in [5, 5.41) is 20.8. The van der Waals surface area contributed by atoms with Crippen LogP contribution in [0, 0.1) is 0 Å². The van der Waals surface area contributed by atoms with Gasteiger partial charge in [0.25, 0.3) is 0 Å². The van der Waals surface area contributed by atoms with Crippen LogP contribution in [-0.4, -0.2) is 36.9 Å². The number of halogens is 2. The Morgan fingerprint density at radius 3 is 1.04 bits per heavy atom. The molecule has 2 nitrogen and oxygen atoms in total. The number of phenolic OH excluding ortho intramolecular Hbond substituents is 2. The second-order valence-electron chi connectivity index (χ2n) is 4.77. The Bertz CT molecular complexity index is 506. The zero-order valence-corrected chi connectivity index (χ0v) is 19.4. The van der Waals surface area contributed by atoms with Crippen LogP contribution in [0.2, 0.25) is 0 Å². The molecule has 0 unspecified atom stereocenters. The molecule has 126 valence electrons. The molecule has 0 aliphatic heterocycles. The van der Waals surface area contributed by atoms with E-state index in [1.165, 1.54) is 0 Å². The van der Waals surface area contributed by atoms with E-state index in [1.54, 1.807) is 12.1 Å². The van der Waals surface area contributed by atoms with E-state index in [-0.39, 0.29) is 66.9 Å². The minimum atomic E-state index is -0.166. The predicted octanol–water partition coefficient (Wildman–Crippen LogP) is -2.48. The number of hydrogen-bond donors (Lipinski definition) is 2. The van der Waals surface area contributed by atoms with E-state index in [9.17, 15) is 10.2 Å². The van der Waals surface area contributed by atoms with Crippen LogP contribution in [0.5, 0.6) is 11.5 Å². The van der Waals surface area contributed by atoms with Crippen LogP contribution in [0.4, 0.5) is 0 Å². The molecular formula is C16H22Cl2O2P2Zr. The van der Waals surface area contributed by atoms with Crippen LogP contribution in [0.15, 0.2) is 48.5 Å². The maximum absolute atomic E-state index is 9.30. The third-order valence-corrected chi connectivity index (χ3v) is 5.41. The van der Waals surface area contributed by atoms with E-state index in [1.807, 2.05) is 36.4 Å². The first-order valence-electron chi connectivity index (χ1n) is 6.34. The van der Waals surface area contributed by atoms with Crippen molar-refractivity contribution >= 4 is 26.5 Å². The van der Waals surface area contributed by atoms with Crippen molar-refractivity contribution in [2.45, 2.75) is 0 Å². The first kappa shape index (κ1) is 28.2. The van der Waals surface area contributed by atoms with Crippen LogP contribution in [0.25, 0.3) is 0 Å². The maximum Gasteiger partial charge on any atom is 2.00 e. The zero-order chi connectivity index (χ0) is 15.1. The third-order valence-electron chi connectivity index (χ3n) is 2.73. The van der Waals surface area contributed by atoms with Crippen molar-refractivity contribution in [2.24, 2.45) is 0 Å². The summed E-state index contributed by atoms with van der Waals surface area (Å²) in [5.74, 6) is 0.859. The van der Waals surface area contributed by atoms with Gasteiger partial charge in [0, 0.05) is 10.6 Å². The van der Waals surface area contributed by atoms with E-state index in [0.29, 0.717) is 11.5 Å². The van der Waals surface area contributed by atoms with Gasteiger partial charge >= 0.3 is 26.2 Å². The molecule has 0 spiro atoms. The average molecular weight is 470 g/mol. The Kier molecular flexibility index (Phi) is 18.0. The number of aromatic hydroxyl groups is 2. The molecule has 0 aliphatic carbocycles. The van der Waals surface area contributed by atoms with Crippen LogP contribution in [0.3, 0.4) is 0 Å². The van der Waals surface area contributed by atoms with Crippen molar-refractivity contribution in [1.29, 1.82) is 0 Å². The first-order chi connectivity index (χ1) is 9.43. The van der Waals surface area contributed by atoms with Crippen LogP contribution in [-0.2, 0) is 26.2 Å². The van der Waals surface area contributed by atoms with Gasteiger partial charge in [0.05, 0.1) is 0 Å². The summed E-state index contributed by atoms with van der Waals surface area (Å²) in [5.41, 5.74) is 0. The van der Waals surface area contributed by atoms with Crippen LogP contribution < -0.4 is 35.4 Å². The molecule has 2 rings (SSSR count). The average Bonchev–Trinajstić information content (AvgIpc) is 2.40. The van der Waals surface area contributed by atoms with Gasteiger partial charge in [0.2, 0.25) is 0 Å². The van der Waals surface area contributed by atoms with Gasteiger partial charge in [0.1, 0.15) is 11.5 Å². The normalized spacial score (nSPS) is 8.96. The minimum Gasteiger partial charge on any atom is -1.00 e. The molecule has 0 aliphatic rings. The second-order valence-corrected chi connectivity index (χ2v) is 9.31. The molecule has 0 fully saturated rings. The van der Waals surface area contributed by atoms with Crippen molar-refractivity contribution in [3.8, 4) is 11.5 Å². The van der Waals surface area contributed by atoms with E-state index < -0.39 is 0 Å². The molecule has 0 atom stereocenters. The van der Waals surface area contributed by atoms with Gasteiger partial charge in [0.15, 0.2) is 0 Å². The summed E-state index contributed by atoms with van der Waals surface area (Å²) >= 11 is 0. The van der Waals surface area contributed by atoms with Gasteiger partial charge < -0.3 is 35.0 Å². The van der Waals surface area contributed by atoms with Gasteiger partial charge in [-0.2, -0.15) is 0 Å². The summed E-state index contributed by atoms with van der Waals surface area (Å²) in [6.07, 6.45) is 0. The maximum atomic E-state index is 9.30. The Balaban J connectivity index is -0.000000308. The molecule has 0 saturated heterocycles. The third kappa shape index (κ3) is 10.1. The quantitative estimate of drug-likeness (QED) is 0.478. The summed E-state index contributed by atoms with van der Waals surface area (Å²) in [4.78, 5) is 0. The second kappa shape index (κ2) is 14.7. The van der Waals surface area contributed by atoms with Crippen molar-refractivity contribution < 1.29 is 61.2 Å². The van der Waals surface area contributed by atoms with E-state index in [2.05, 4.69) is 26.7 Å². The van der Waals surface area contributed by atoms with E-state index >= 15 is 0 Å². The Hall–Kier alpha value is 0.363. The van der Waals surface area contributed by atoms with Gasteiger partial charge in [-0.1, -0.05) is 52.2 Å². The number of benzene rings is 2. The van der Waals surface area contributed by atoms with Crippen LogP contribution in [0.1, 0.15) is 0 Å². The Labute approximate surface area is 173 Å². The van der Waals surface area contributed by atoms with Gasteiger partial charge in [-0.05, 0) is 38.8 Å². The van der Waals surface area contributed by atoms with Crippen molar-refractivity contribution in [3.63, 3.8) is 0 Å². The molecule has 0 amide bonds. The van der Waals surface area contributed by atoms with Crippen molar-refractivity contribution in [1.82, 2.24) is 0 Å². The predicted molar refractivity (Wildman–Crippen MR) is 93.0 cm³/mol. The van der Waals surface area contributed by atoms with Crippen LogP contribution >= 0.6 is 15.8 Å². The van der Waals surface area contributed by atoms with Gasteiger partial charge in [-0.25, -0.2) is 0 Å². The number of para-hydroxylation sites is 2. The van der Waals surface area contributed by atoms with E-state index in [0.717, 1.165) is 10.6 Å². The monoisotopic (exact) mass is 468 g/mol. The summed E-state index contributed by atoms with van der Waals surface area (Å²) < 4.78 is 0. The van der Waals surface area contributed by atoms with Gasteiger partial charge in [-0.3, -0.25) is 0 Å².